The van der Waals surface area contributed by atoms with Crippen molar-refractivity contribution in [2.75, 3.05) is 6.54 Å². The predicted molar refractivity (Wildman–Crippen MR) is 99.4 cm³/mol. The van der Waals surface area contributed by atoms with E-state index in [4.69, 9.17) is 11.6 Å². The minimum atomic E-state index is -0.155. The molecule has 1 N–H and O–H groups in total. The van der Waals surface area contributed by atoms with Crippen molar-refractivity contribution in [1.29, 1.82) is 0 Å². The van der Waals surface area contributed by atoms with E-state index in [1.165, 1.54) is 0 Å². The van der Waals surface area contributed by atoms with Crippen LogP contribution in [0, 0.1) is 14.4 Å². The number of aromatic nitrogens is 2. The maximum absolute atomic E-state index is 12.2. The number of hydrogen-bond acceptors (Lipinski definition) is 2. The number of nitrogens with one attached hydrogen (secondary N) is 1. The Bertz CT molecular complexity index is 870. The Morgan fingerprint density at radius 2 is 2.00 bits per heavy atom. The summed E-state index contributed by atoms with van der Waals surface area (Å²) in [5.74, 6) is -0.155. The molecule has 0 radical (unpaired) electrons. The molecule has 0 atom stereocenters. The zero-order valence-electron chi connectivity index (χ0n) is 14.1. The predicted octanol–water partition coefficient (Wildman–Crippen LogP) is 4.25. The van der Waals surface area contributed by atoms with E-state index in [1.807, 2.05) is 61.0 Å². The molecule has 24 heavy (non-hydrogen) atoms. The summed E-state index contributed by atoms with van der Waals surface area (Å²) in [6.45, 7) is 5.00. The number of nitrogens with zero attached hydrogens (tertiary/aromatic N) is 2. The fourth-order valence-corrected chi connectivity index (χ4v) is 2.90. The van der Waals surface area contributed by atoms with Crippen LogP contribution in [0.25, 0.3) is 10.9 Å². The number of para-hydroxylation sites is 1. The summed E-state index contributed by atoms with van der Waals surface area (Å²) in [4.78, 5) is 12.2. The second-order valence-electron chi connectivity index (χ2n) is 5.48. The topological polar surface area (TPSA) is 46.9 Å². The number of benzene rings is 2. The number of carbonyl (C=O) groups excluding carboxylic acids is 1. The first kappa shape index (κ1) is 18.0. The van der Waals surface area contributed by atoms with E-state index in [9.17, 15) is 4.79 Å². The number of fused-ring (bicyclic) bond motifs is 1. The number of hydrogen-bond donors (Lipinski definition) is 1. The third-order valence-electron chi connectivity index (χ3n) is 3.74. The Hall–Kier alpha value is -2.33. The van der Waals surface area contributed by atoms with Crippen LogP contribution in [0.1, 0.15) is 28.5 Å². The van der Waals surface area contributed by atoms with Gasteiger partial charge in [-0.1, -0.05) is 41.9 Å². The third kappa shape index (κ3) is 3.44. The Morgan fingerprint density at radius 3 is 2.71 bits per heavy atom. The first-order chi connectivity index (χ1) is 11.1. The largest absolute Gasteiger partial charge is 0.358 e. The van der Waals surface area contributed by atoms with Crippen molar-refractivity contribution < 1.29 is 4.79 Å². The SMILES string of the molecule is CCNC(=O)c1nn(Cc2ccc(C)cc2Cl)c2ccccc12.[CH3-]. The lowest BCUT2D eigenvalue weighted by molar-refractivity contribution is 0.0951. The second-order valence-corrected chi connectivity index (χ2v) is 5.88. The zero-order valence-corrected chi connectivity index (χ0v) is 14.9. The molecule has 4 nitrogen and oxygen atoms in total. The van der Waals surface area contributed by atoms with Crippen molar-refractivity contribution in [3.05, 3.63) is 71.7 Å². The van der Waals surface area contributed by atoms with Gasteiger partial charge in [0.25, 0.3) is 5.91 Å². The zero-order chi connectivity index (χ0) is 16.4. The van der Waals surface area contributed by atoms with E-state index < -0.39 is 0 Å². The normalized spacial score (nSPS) is 10.5. The summed E-state index contributed by atoms with van der Waals surface area (Å²) >= 11 is 6.33. The van der Waals surface area contributed by atoms with Gasteiger partial charge in [-0.25, -0.2) is 0 Å². The molecule has 0 fully saturated rings. The molecule has 3 aromatic rings. The maximum Gasteiger partial charge on any atom is 0.272 e. The highest BCUT2D eigenvalue weighted by Crippen LogP contribution is 2.23. The molecule has 1 heterocycles. The summed E-state index contributed by atoms with van der Waals surface area (Å²) in [7, 11) is 0. The van der Waals surface area contributed by atoms with Gasteiger partial charge in [-0.2, -0.15) is 5.10 Å². The van der Waals surface area contributed by atoms with Crippen LogP contribution in [0.2, 0.25) is 5.02 Å². The van der Waals surface area contributed by atoms with Gasteiger partial charge in [-0.3, -0.25) is 9.48 Å². The first-order valence-corrected chi connectivity index (χ1v) is 7.96. The highest BCUT2D eigenvalue weighted by molar-refractivity contribution is 6.31. The van der Waals surface area contributed by atoms with Crippen LogP contribution in [0.15, 0.2) is 42.5 Å². The van der Waals surface area contributed by atoms with Gasteiger partial charge >= 0.3 is 0 Å². The highest BCUT2D eigenvalue weighted by Gasteiger charge is 2.16. The molecule has 0 bridgehead atoms. The van der Waals surface area contributed by atoms with E-state index in [2.05, 4.69) is 10.4 Å². The van der Waals surface area contributed by atoms with Gasteiger partial charge in [0.1, 0.15) is 0 Å². The van der Waals surface area contributed by atoms with Gasteiger partial charge in [0.05, 0.1) is 12.1 Å². The molecular formula is C19H21ClN3O-. The van der Waals surface area contributed by atoms with Crippen LogP contribution >= 0.6 is 11.6 Å². The monoisotopic (exact) mass is 342 g/mol. The highest BCUT2D eigenvalue weighted by atomic mass is 35.5. The van der Waals surface area contributed by atoms with Crippen LogP contribution < -0.4 is 5.32 Å². The fraction of sp³-hybridized carbons (Fsp3) is 0.211. The first-order valence-electron chi connectivity index (χ1n) is 7.59. The molecule has 1 amide bonds. The van der Waals surface area contributed by atoms with Crippen molar-refractivity contribution in [2.45, 2.75) is 20.4 Å². The molecule has 2 aromatic carbocycles. The van der Waals surface area contributed by atoms with Crippen molar-refractivity contribution >= 4 is 28.4 Å². The molecule has 0 saturated heterocycles. The quantitative estimate of drug-likeness (QED) is 0.720. The molecule has 126 valence electrons. The molecule has 0 aliphatic rings. The second kappa shape index (κ2) is 7.49. The Labute approximate surface area is 147 Å². The van der Waals surface area contributed by atoms with Gasteiger partial charge < -0.3 is 12.7 Å². The number of rotatable bonds is 4. The third-order valence-corrected chi connectivity index (χ3v) is 4.09. The van der Waals surface area contributed by atoms with Crippen LogP contribution in [0.4, 0.5) is 0 Å². The number of carbonyl (C=O) groups is 1. The standard InChI is InChI=1S/C18H18ClN3O.CH3/c1-3-20-18(23)17-14-6-4-5-7-16(14)22(21-17)11-13-9-8-12(2)10-15(13)19;/h4-10H,3,11H2,1-2H3,(H,20,23);1H3/q;-1. The lowest BCUT2D eigenvalue weighted by atomic mass is 10.1. The molecule has 1 aromatic heterocycles. The van der Waals surface area contributed by atoms with Crippen LogP contribution in [-0.4, -0.2) is 22.2 Å². The van der Waals surface area contributed by atoms with Crippen molar-refractivity contribution in [1.82, 2.24) is 15.1 Å². The Morgan fingerprint density at radius 1 is 1.25 bits per heavy atom. The van der Waals surface area contributed by atoms with Crippen LogP contribution in [-0.2, 0) is 6.54 Å². The summed E-state index contributed by atoms with van der Waals surface area (Å²) in [6, 6.07) is 13.7. The summed E-state index contributed by atoms with van der Waals surface area (Å²) in [5.41, 5.74) is 3.47. The maximum atomic E-state index is 12.2. The van der Waals surface area contributed by atoms with Gasteiger partial charge in [0.2, 0.25) is 0 Å². The fourth-order valence-electron chi connectivity index (χ4n) is 2.60. The molecule has 3 rings (SSSR count). The number of halogens is 1. The van der Waals surface area contributed by atoms with Gasteiger partial charge in [-0.15, -0.1) is 0 Å². The van der Waals surface area contributed by atoms with E-state index in [1.54, 1.807) is 0 Å². The summed E-state index contributed by atoms with van der Waals surface area (Å²) < 4.78 is 1.83. The number of amides is 1. The smallest absolute Gasteiger partial charge is 0.272 e. The molecule has 0 aliphatic heterocycles. The van der Waals surface area contributed by atoms with Crippen LogP contribution in [0.3, 0.4) is 0 Å². The van der Waals surface area contributed by atoms with E-state index in [0.29, 0.717) is 23.8 Å². The minimum absolute atomic E-state index is 0. The molecule has 0 saturated carbocycles. The minimum Gasteiger partial charge on any atom is -0.358 e. The van der Waals surface area contributed by atoms with Crippen molar-refractivity contribution in [3.8, 4) is 0 Å². The van der Waals surface area contributed by atoms with E-state index in [-0.39, 0.29) is 13.3 Å². The summed E-state index contributed by atoms with van der Waals surface area (Å²) in [6.07, 6.45) is 0. The molecule has 5 heteroatoms. The lowest BCUT2D eigenvalue weighted by Crippen LogP contribution is -2.23. The van der Waals surface area contributed by atoms with Crippen molar-refractivity contribution in [2.24, 2.45) is 0 Å². The summed E-state index contributed by atoms with van der Waals surface area (Å²) in [5, 5.41) is 8.88. The molecule has 0 spiro atoms. The Kier molecular flexibility index (Phi) is 5.62. The van der Waals surface area contributed by atoms with Gasteiger partial charge in [0.15, 0.2) is 5.69 Å². The van der Waals surface area contributed by atoms with E-state index in [0.717, 1.165) is 22.0 Å². The van der Waals surface area contributed by atoms with E-state index >= 15 is 0 Å². The van der Waals surface area contributed by atoms with Gasteiger partial charge in [0, 0.05) is 17.0 Å². The number of aryl methyl sites for hydroxylation is 1. The van der Waals surface area contributed by atoms with Crippen LogP contribution in [0.5, 0.6) is 0 Å². The Balaban J connectivity index is 0.00000208. The molecule has 0 unspecified atom stereocenters. The average molecular weight is 343 g/mol. The average Bonchev–Trinajstić information content (AvgIpc) is 2.89. The molecular weight excluding hydrogens is 322 g/mol. The lowest BCUT2D eigenvalue weighted by Gasteiger charge is -2.07. The van der Waals surface area contributed by atoms with Gasteiger partial charge in [-0.05, 0) is 37.1 Å². The molecule has 0 aliphatic carbocycles. The van der Waals surface area contributed by atoms with Crippen molar-refractivity contribution in [3.63, 3.8) is 0 Å².